The summed E-state index contributed by atoms with van der Waals surface area (Å²) < 4.78 is 0. The summed E-state index contributed by atoms with van der Waals surface area (Å²) in [5, 5.41) is 6.54. The highest BCUT2D eigenvalue weighted by atomic mass is 16.2. The Morgan fingerprint density at radius 2 is 1.82 bits per heavy atom. The molecule has 0 heterocycles. The monoisotopic (exact) mass is 304 g/mol. The van der Waals surface area contributed by atoms with E-state index in [-0.39, 0.29) is 5.91 Å². The Morgan fingerprint density at radius 3 is 2.32 bits per heavy atom. The van der Waals surface area contributed by atoms with Gasteiger partial charge >= 0.3 is 0 Å². The minimum atomic E-state index is 0.0157. The molecular weight excluding hydrogens is 276 g/mol. The molecule has 122 valence electrons. The number of aliphatic imine (C=N–C) groups is 1. The summed E-state index contributed by atoms with van der Waals surface area (Å²) in [6.07, 6.45) is 0. The lowest BCUT2D eigenvalue weighted by Gasteiger charge is -2.13. The molecule has 0 bridgehead atoms. The van der Waals surface area contributed by atoms with E-state index in [2.05, 4.69) is 29.5 Å². The van der Waals surface area contributed by atoms with Crippen molar-refractivity contribution in [3.63, 3.8) is 0 Å². The van der Waals surface area contributed by atoms with Crippen LogP contribution in [0, 0.1) is 5.92 Å². The Morgan fingerprint density at radius 1 is 1.18 bits per heavy atom. The lowest BCUT2D eigenvalue weighted by atomic mass is 10.1. The summed E-state index contributed by atoms with van der Waals surface area (Å²) in [7, 11) is 3.51. The Labute approximate surface area is 133 Å². The van der Waals surface area contributed by atoms with Gasteiger partial charge in [-0.05, 0) is 30.5 Å². The molecule has 0 atom stereocenters. The topological polar surface area (TPSA) is 56.7 Å². The van der Waals surface area contributed by atoms with Crippen LogP contribution >= 0.6 is 0 Å². The summed E-state index contributed by atoms with van der Waals surface area (Å²) in [6.45, 7) is 8.69. The zero-order valence-electron chi connectivity index (χ0n) is 14.3. The smallest absolute Gasteiger partial charge is 0.253 e. The van der Waals surface area contributed by atoms with Crippen molar-refractivity contribution < 1.29 is 4.79 Å². The molecule has 5 heteroatoms. The van der Waals surface area contributed by atoms with Crippen LogP contribution in [-0.4, -0.2) is 44.0 Å². The van der Waals surface area contributed by atoms with Gasteiger partial charge in [0.15, 0.2) is 5.96 Å². The van der Waals surface area contributed by atoms with Gasteiger partial charge in [-0.15, -0.1) is 0 Å². The fraction of sp³-hybridized carbons (Fsp3) is 0.529. The molecule has 0 spiro atoms. The minimum Gasteiger partial charge on any atom is -0.357 e. The molecule has 0 aliphatic heterocycles. The predicted octanol–water partition coefficient (Wildman–Crippen LogP) is 2.10. The third-order valence-electron chi connectivity index (χ3n) is 3.05. The molecule has 1 amide bonds. The van der Waals surface area contributed by atoms with Crippen LogP contribution in [-0.2, 0) is 6.54 Å². The maximum Gasteiger partial charge on any atom is 0.253 e. The number of nitrogens with one attached hydrogen (secondary N) is 2. The van der Waals surface area contributed by atoms with Crippen molar-refractivity contribution in [3.8, 4) is 0 Å². The van der Waals surface area contributed by atoms with E-state index in [0.717, 1.165) is 24.6 Å². The quantitative estimate of drug-likeness (QED) is 0.625. The number of benzene rings is 1. The van der Waals surface area contributed by atoms with Crippen LogP contribution in [0.4, 0.5) is 0 Å². The van der Waals surface area contributed by atoms with E-state index in [4.69, 9.17) is 0 Å². The van der Waals surface area contributed by atoms with Gasteiger partial charge in [-0.25, -0.2) is 4.99 Å². The van der Waals surface area contributed by atoms with Crippen LogP contribution < -0.4 is 10.6 Å². The van der Waals surface area contributed by atoms with Gasteiger partial charge in [0.2, 0.25) is 0 Å². The first-order valence-corrected chi connectivity index (χ1v) is 7.76. The first-order valence-electron chi connectivity index (χ1n) is 7.76. The van der Waals surface area contributed by atoms with E-state index in [1.54, 1.807) is 19.0 Å². The SMILES string of the molecule is CCNC(=NCc1ccc(C(=O)N(C)C)cc1)NCC(C)C. The van der Waals surface area contributed by atoms with Crippen LogP contribution in [0.1, 0.15) is 36.7 Å². The van der Waals surface area contributed by atoms with E-state index in [1.165, 1.54) is 0 Å². The Kier molecular flexibility index (Phi) is 7.43. The Hall–Kier alpha value is -2.04. The minimum absolute atomic E-state index is 0.0157. The molecule has 0 saturated heterocycles. The number of rotatable bonds is 6. The predicted molar refractivity (Wildman–Crippen MR) is 92.1 cm³/mol. The van der Waals surface area contributed by atoms with Gasteiger partial charge in [-0.1, -0.05) is 26.0 Å². The molecule has 0 saturated carbocycles. The second-order valence-electron chi connectivity index (χ2n) is 5.87. The average molecular weight is 304 g/mol. The Balaban J connectivity index is 2.67. The third kappa shape index (κ3) is 6.16. The molecule has 1 rings (SSSR count). The fourth-order valence-electron chi connectivity index (χ4n) is 1.82. The van der Waals surface area contributed by atoms with Crippen LogP contribution in [0.25, 0.3) is 0 Å². The highest BCUT2D eigenvalue weighted by Gasteiger charge is 2.07. The van der Waals surface area contributed by atoms with Crippen molar-refractivity contribution >= 4 is 11.9 Å². The van der Waals surface area contributed by atoms with Crippen molar-refractivity contribution in [1.82, 2.24) is 15.5 Å². The Bertz CT molecular complexity index is 492. The number of carbonyl (C=O) groups excluding carboxylic acids is 1. The molecule has 0 aromatic heterocycles. The number of guanidine groups is 1. The van der Waals surface area contributed by atoms with Crippen LogP contribution in [0.3, 0.4) is 0 Å². The standard InChI is InChI=1S/C17H28N4O/c1-6-18-17(19-11-13(2)3)20-12-14-7-9-15(10-8-14)16(22)21(4)5/h7-10,13H,6,11-12H2,1-5H3,(H2,18,19,20). The van der Waals surface area contributed by atoms with Crippen molar-refractivity contribution in [3.05, 3.63) is 35.4 Å². The number of nitrogens with zero attached hydrogens (tertiary/aromatic N) is 2. The van der Waals surface area contributed by atoms with Gasteiger partial charge in [0.25, 0.3) is 5.91 Å². The molecule has 0 unspecified atom stereocenters. The van der Waals surface area contributed by atoms with Gasteiger partial charge in [0.05, 0.1) is 6.54 Å². The highest BCUT2D eigenvalue weighted by Crippen LogP contribution is 2.07. The fourth-order valence-corrected chi connectivity index (χ4v) is 1.82. The summed E-state index contributed by atoms with van der Waals surface area (Å²) in [4.78, 5) is 18.0. The first kappa shape index (κ1) is 18.0. The van der Waals surface area contributed by atoms with E-state index in [1.807, 2.05) is 31.2 Å². The van der Waals surface area contributed by atoms with E-state index in [0.29, 0.717) is 18.0 Å². The summed E-state index contributed by atoms with van der Waals surface area (Å²) in [5.74, 6) is 1.41. The number of hydrogen-bond donors (Lipinski definition) is 2. The maximum atomic E-state index is 11.8. The number of amides is 1. The van der Waals surface area contributed by atoms with Gasteiger partial charge in [0, 0.05) is 32.7 Å². The van der Waals surface area contributed by atoms with E-state index >= 15 is 0 Å². The van der Waals surface area contributed by atoms with Gasteiger partial charge in [0.1, 0.15) is 0 Å². The molecule has 2 N–H and O–H groups in total. The summed E-state index contributed by atoms with van der Waals surface area (Å²) in [6, 6.07) is 7.60. The zero-order chi connectivity index (χ0) is 16.5. The third-order valence-corrected chi connectivity index (χ3v) is 3.05. The molecule has 22 heavy (non-hydrogen) atoms. The van der Waals surface area contributed by atoms with Gasteiger partial charge < -0.3 is 15.5 Å². The first-order chi connectivity index (χ1) is 10.4. The molecule has 0 aliphatic rings. The lowest BCUT2D eigenvalue weighted by molar-refractivity contribution is 0.0827. The van der Waals surface area contributed by atoms with Crippen molar-refractivity contribution in [2.24, 2.45) is 10.9 Å². The summed E-state index contributed by atoms with van der Waals surface area (Å²) >= 11 is 0. The maximum absolute atomic E-state index is 11.8. The van der Waals surface area contributed by atoms with Crippen molar-refractivity contribution in [2.45, 2.75) is 27.3 Å². The molecule has 1 aromatic carbocycles. The lowest BCUT2D eigenvalue weighted by Crippen LogP contribution is -2.39. The van der Waals surface area contributed by atoms with Gasteiger partial charge in [-0.3, -0.25) is 4.79 Å². The van der Waals surface area contributed by atoms with Crippen molar-refractivity contribution in [2.75, 3.05) is 27.2 Å². The van der Waals surface area contributed by atoms with Crippen LogP contribution in [0.5, 0.6) is 0 Å². The zero-order valence-corrected chi connectivity index (χ0v) is 14.3. The van der Waals surface area contributed by atoms with E-state index in [9.17, 15) is 4.79 Å². The van der Waals surface area contributed by atoms with Crippen molar-refractivity contribution in [1.29, 1.82) is 0 Å². The van der Waals surface area contributed by atoms with Crippen LogP contribution in [0.15, 0.2) is 29.3 Å². The molecule has 1 aromatic rings. The van der Waals surface area contributed by atoms with Crippen LogP contribution in [0.2, 0.25) is 0 Å². The summed E-state index contributed by atoms with van der Waals surface area (Å²) in [5.41, 5.74) is 1.78. The largest absolute Gasteiger partial charge is 0.357 e. The average Bonchev–Trinajstić information content (AvgIpc) is 2.49. The molecule has 0 fully saturated rings. The van der Waals surface area contributed by atoms with Gasteiger partial charge in [-0.2, -0.15) is 0 Å². The highest BCUT2D eigenvalue weighted by molar-refractivity contribution is 5.93. The molecule has 0 radical (unpaired) electrons. The number of carbonyl (C=O) groups is 1. The van der Waals surface area contributed by atoms with E-state index < -0.39 is 0 Å². The second-order valence-corrected chi connectivity index (χ2v) is 5.87. The second kappa shape index (κ2) is 9.07. The molecular formula is C17H28N4O. The molecule has 0 aliphatic carbocycles. The molecule has 5 nitrogen and oxygen atoms in total. The normalized spacial score (nSPS) is 11.5. The number of hydrogen-bond acceptors (Lipinski definition) is 2.